The summed E-state index contributed by atoms with van der Waals surface area (Å²) in [6.07, 6.45) is 3.56. The molecule has 4 heteroatoms. The third-order valence-corrected chi connectivity index (χ3v) is 3.40. The van der Waals surface area contributed by atoms with Crippen LogP contribution in [-0.2, 0) is 0 Å². The highest BCUT2D eigenvalue weighted by atomic mass is 19.1. The molecule has 0 atom stereocenters. The number of benzene rings is 1. The van der Waals surface area contributed by atoms with Crippen LogP contribution in [0.1, 0.15) is 31.2 Å². The van der Waals surface area contributed by atoms with Gasteiger partial charge in [0.1, 0.15) is 11.5 Å². The standard InChI is InChI=1S/C13H18F2N2/c1-8-2-7-11(14)13(12(8)15)17-10-5-3-9(16)4-6-10/h2,7,9-10,17H,3-6,16H2,1H3. The van der Waals surface area contributed by atoms with Gasteiger partial charge in [0.15, 0.2) is 5.82 Å². The van der Waals surface area contributed by atoms with Gasteiger partial charge in [0.05, 0.1) is 0 Å². The van der Waals surface area contributed by atoms with Gasteiger partial charge in [-0.25, -0.2) is 8.78 Å². The third-order valence-electron chi connectivity index (χ3n) is 3.40. The molecule has 0 heterocycles. The highest BCUT2D eigenvalue weighted by Crippen LogP contribution is 2.26. The van der Waals surface area contributed by atoms with E-state index in [1.807, 2.05) is 0 Å². The van der Waals surface area contributed by atoms with Gasteiger partial charge >= 0.3 is 0 Å². The molecule has 2 nitrogen and oxygen atoms in total. The summed E-state index contributed by atoms with van der Waals surface area (Å²) in [6.45, 7) is 1.64. The molecule has 0 amide bonds. The van der Waals surface area contributed by atoms with Gasteiger partial charge in [0.2, 0.25) is 0 Å². The summed E-state index contributed by atoms with van der Waals surface area (Å²) < 4.78 is 27.3. The van der Waals surface area contributed by atoms with Crippen LogP contribution in [0.3, 0.4) is 0 Å². The van der Waals surface area contributed by atoms with Gasteiger partial charge in [-0.3, -0.25) is 0 Å². The average Bonchev–Trinajstić information content (AvgIpc) is 2.32. The molecular formula is C13H18F2N2. The molecule has 0 saturated heterocycles. The monoisotopic (exact) mass is 240 g/mol. The van der Waals surface area contributed by atoms with Crippen LogP contribution >= 0.6 is 0 Å². The molecule has 94 valence electrons. The Labute approximate surface area is 100 Å². The molecule has 17 heavy (non-hydrogen) atoms. The van der Waals surface area contributed by atoms with Gasteiger partial charge in [-0.1, -0.05) is 6.07 Å². The molecule has 0 spiro atoms. The number of aryl methyl sites for hydroxylation is 1. The fourth-order valence-corrected chi connectivity index (χ4v) is 2.26. The van der Waals surface area contributed by atoms with Crippen molar-refractivity contribution in [2.75, 3.05) is 5.32 Å². The average molecular weight is 240 g/mol. The molecule has 1 saturated carbocycles. The van der Waals surface area contributed by atoms with E-state index in [9.17, 15) is 8.78 Å². The van der Waals surface area contributed by atoms with Gasteiger partial charge < -0.3 is 11.1 Å². The van der Waals surface area contributed by atoms with E-state index in [-0.39, 0.29) is 17.8 Å². The van der Waals surface area contributed by atoms with Crippen molar-refractivity contribution >= 4 is 5.69 Å². The largest absolute Gasteiger partial charge is 0.378 e. The van der Waals surface area contributed by atoms with Crippen molar-refractivity contribution in [2.45, 2.75) is 44.7 Å². The second-order valence-corrected chi connectivity index (χ2v) is 4.81. The Hall–Kier alpha value is -1.16. The van der Waals surface area contributed by atoms with Crippen molar-refractivity contribution < 1.29 is 8.78 Å². The first kappa shape index (κ1) is 12.3. The minimum Gasteiger partial charge on any atom is -0.378 e. The number of anilines is 1. The van der Waals surface area contributed by atoms with E-state index >= 15 is 0 Å². The minimum absolute atomic E-state index is 0.00507. The summed E-state index contributed by atoms with van der Waals surface area (Å²) in [4.78, 5) is 0. The Morgan fingerprint density at radius 1 is 1.18 bits per heavy atom. The summed E-state index contributed by atoms with van der Waals surface area (Å²) in [6, 6.07) is 3.11. The number of nitrogens with two attached hydrogens (primary N) is 1. The lowest BCUT2D eigenvalue weighted by Gasteiger charge is -2.28. The Kier molecular flexibility index (Phi) is 3.62. The van der Waals surface area contributed by atoms with Gasteiger partial charge in [-0.2, -0.15) is 0 Å². The van der Waals surface area contributed by atoms with Crippen LogP contribution in [0.25, 0.3) is 0 Å². The third kappa shape index (κ3) is 2.75. The highest BCUT2D eigenvalue weighted by molar-refractivity contribution is 5.49. The summed E-state index contributed by atoms with van der Waals surface area (Å²) in [7, 11) is 0. The first-order valence-electron chi connectivity index (χ1n) is 6.04. The molecule has 0 bridgehead atoms. The molecule has 1 fully saturated rings. The van der Waals surface area contributed by atoms with Gasteiger partial charge in [-0.05, 0) is 44.2 Å². The molecule has 0 unspecified atom stereocenters. The second kappa shape index (κ2) is 5.00. The fraction of sp³-hybridized carbons (Fsp3) is 0.538. The highest BCUT2D eigenvalue weighted by Gasteiger charge is 2.21. The van der Waals surface area contributed by atoms with Gasteiger partial charge in [-0.15, -0.1) is 0 Å². The molecule has 0 radical (unpaired) electrons. The predicted molar refractivity (Wildman–Crippen MR) is 64.9 cm³/mol. The van der Waals surface area contributed by atoms with Crippen LogP contribution in [0, 0.1) is 18.6 Å². The van der Waals surface area contributed by atoms with Crippen molar-refractivity contribution in [3.63, 3.8) is 0 Å². The Bertz CT molecular complexity index is 399. The molecule has 2 rings (SSSR count). The van der Waals surface area contributed by atoms with Crippen molar-refractivity contribution in [1.29, 1.82) is 0 Å². The molecule has 3 N–H and O–H groups in total. The van der Waals surface area contributed by atoms with E-state index in [1.165, 1.54) is 12.1 Å². The van der Waals surface area contributed by atoms with Crippen molar-refractivity contribution in [2.24, 2.45) is 5.73 Å². The van der Waals surface area contributed by atoms with E-state index in [4.69, 9.17) is 5.73 Å². The number of hydrogen-bond acceptors (Lipinski definition) is 2. The quantitative estimate of drug-likeness (QED) is 0.834. The van der Waals surface area contributed by atoms with Crippen LogP contribution in [-0.4, -0.2) is 12.1 Å². The SMILES string of the molecule is Cc1ccc(F)c(NC2CCC(N)CC2)c1F. The number of hydrogen-bond donors (Lipinski definition) is 2. The molecule has 0 aromatic heterocycles. The maximum absolute atomic E-state index is 13.8. The molecule has 1 aromatic rings. The topological polar surface area (TPSA) is 38.0 Å². The smallest absolute Gasteiger partial charge is 0.152 e. The van der Waals surface area contributed by atoms with E-state index in [0.717, 1.165) is 25.7 Å². The lowest BCUT2D eigenvalue weighted by Crippen LogP contribution is -2.33. The Morgan fingerprint density at radius 3 is 2.47 bits per heavy atom. The lowest BCUT2D eigenvalue weighted by atomic mass is 9.91. The second-order valence-electron chi connectivity index (χ2n) is 4.81. The van der Waals surface area contributed by atoms with E-state index < -0.39 is 11.6 Å². The maximum atomic E-state index is 13.8. The van der Waals surface area contributed by atoms with Crippen LogP contribution in [0.5, 0.6) is 0 Å². The first-order valence-corrected chi connectivity index (χ1v) is 6.04. The number of nitrogens with one attached hydrogen (secondary N) is 1. The van der Waals surface area contributed by atoms with Crippen molar-refractivity contribution in [3.8, 4) is 0 Å². The zero-order valence-corrected chi connectivity index (χ0v) is 9.97. The maximum Gasteiger partial charge on any atom is 0.152 e. The van der Waals surface area contributed by atoms with Crippen LogP contribution in [0.2, 0.25) is 0 Å². The van der Waals surface area contributed by atoms with E-state index in [0.29, 0.717) is 5.56 Å². The van der Waals surface area contributed by atoms with Crippen LogP contribution < -0.4 is 11.1 Å². The minimum atomic E-state index is -0.525. The zero-order chi connectivity index (χ0) is 12.4. The van der Waals surface area contributed by atoms with Gasteiger partial charge in [0.25, 0.3) is 0 Å². The normalized spacial score (nSPS) is 24.7. The molecular weight excluding hydrogens is 222 g/mol. The summed E-state index contributed by atoms with van der Waals surface area (Å²) in [5.74, 6) is -1.01. The van der Waals surface area contributed by atoms with Crippen molar-refractivity contribution in [3.05, 3.63) is 29.3 Å². The Balaban J connectivity index is 2.11. The van der Waals surface area contributed by atoms with E-state index in [1.54, 1.807) is 6.92 Å². The molecule has 1 aliphatic carbocycles. The number of halogens is 2. The summed E-state index contributed by atoms with van der Waals surface area (Å²) >= 11 is 0. The fourth-order valence-electron chi connectivity index (χ4n) is 2.26. The summed E-state index contributed by atoms with van der Waals surface area (Å²) in [5, 5.41) is 2.97. The van der Waals surface area contributed by atoms with Gasteiger partial charge in [0, 0.05) is 12.1 Å². The van der Waals surface area contributed by atoms with E-state index in [2.05, 4.69) is 5.32 Å². The molecule has 0 aliphatic heterocycles. The van der Waals surface area contributed by atoms with Crippen molar-refractivity contribution in [1.82, 2.24) is 0 Å². The number of rotatable bonds is 2. The predicted octanol–water partition coefficient (Wildman–Crippen LogP) is 2.96. The zero-order valence-electron chi connectivity index (χ0n) is 9.97. The van der Waals surface area contributed by atoms with Crippen LogP contribution in [0.15, 0.2) is 12.1 Å². The van der Waals surface area contributed by atoms with Crippen LogP contribution in [0.4, 0.5) is 14.5 Å². The molecule has 1 aromatic carbocycles. The molecule has 1 aliphatic rings. The lowest BCUT2D eigenvalue weighted by molar-refractivity contribution is 0.408. The first-order chi connectivity index (χ1) is 8.08. The summed E-state index contributed by atoms with van der Waals surface area (Å²) in [5.41, 5.74) is 6.26. The Morgan fingerprint density at radius 2 is 1.82 bits per heavy atom.